The highest BCUT2D eigenvalue weighted by atomic mass is 14.7. The molecule has 3 heteroatoms. The van der Waals surface area contributed by atoms with Gasteiger partial charge >= 0.3 is 0 Å². The van der Waals surface area contributed by atoms with Gasteiger partial charge in [-0.1, -0.05) is 169 Å². The Bertz CT molecular complexity index is 2000. The van der Waals surface area contributed by atoms with Crippen LogP contribution in [-0.2, 0) is 35.5 Å². The lowest BCUT2D eigenvalue weighted by Crippen LogP contribution is -2.24. The summed E-state index contributed by atoms with van der Waals surface area (Å²) in [5, 5.41) is 0. The number of rotatable bonds is 12. The highest BCUT2D eigenvalue weighted by Gasteiger charge is 2.27. The molecule has 0 aliphatic carbocycles. The molecule has 0 spiro atoms. The third-order valence-electron chi connectivity index (χ3n) is 10.9. The summed E-state index contributed by atoms with van der Waals surface area (Å²) >= 11 is 0. The molecule has 0 atom stereocenters. The molecule has 3 nitrogen and oxygen atoms in total. The molecule has 7 aromatic rings. The van der Waals surface area contributed by atoms with Crippen molar-refractivity contribution in [3.8, 4) is 33.8 Å². The van der Waals surface area contributed by atoms with Crippen molar-refractivity contribution < 1.29 is 0 Å². The van der Waals surface area contributed by atoms with E-state index in [1.54, 1.807) is 0 Å². The maximum Gasteiger partial charge on any atom is 0.0702 e. The second kappa shape index (κ2) is 15.4. The Morgan fingerprint density at radius 3 is 0.815 bits per heavy atom. The van der Waals surface area contributed by atoms with Crippen molar-refractivity contribution in [1.82, 2.24) is 15.0 Å². The van der Waals surface area contributed by atoms with Crippen LogP contribution in [0.3, 0.4) is 0 Å². The van der Waals surface area contributed by atoms with E-state index in [1.807, 2.05) is 18.2 Å². The summed E-state index contributed by atoms with van der Waals surface area (Å²) in [6.45, 7) is 14.0. The third-order valence-corrected chi connectivity index (χ3v) is 10.9. The van der Waals surface area contributed by atoms with E-state index in [4.69, 9.17) is 15.0 Å². The van der Waals surface area contributed by atoms with Crippen molar-refractivity contribution in [2.45, 2.75) is 77.0 Å². The molecule has 0 saturated carbocycles. The molecule has 3 aromatic heterocycles. The molecule has 7 rings (SSSR count). The first kappa shape index (κ1) is 36.7. The van der Waals surface area contributed by atoms with Crippen LogP contribution in [-0.4, -0.2) is 15.0 Å². The van der Waals surface area contributed by atoms with E-state index < -0.39 is 0 Å². The predicted molar refractivity (Wildman–Crippen MR) is 226 cm³/mol. The second-order valence-electron chi connectivity index (χ2n) is 16.7. The van der Waals surface area contributed by atoms with Crippen molar-refractivity contribution in [1.29, 1.82) is 0 Å². The molecule has 0 saturated heterocycles. The molecule has 0 N–H and O–H groups in total. The smallest absolute Gasteiger partial charge is 0.0702 e. The largest absolute Gasteiger partial charge is 0.256 e. The van der Waals surface area contributed by atoms with E-state index in [2.05, 4.69) is 188 Å². The maximum absolute atomic E-state index is 4.90. The Kier molecular flexibility index (Phi) is 10.4. The Morgan fingerprint density at radius 1 is 0.333 bits per heavy atom. The summed E-state index contributed by atoms with van der Waals surface area (Å²) < 4.78 is 0. The third kappa shape index (κ3) is 8.58. The van der Waals surface area contributed by atoms with Crippen molar-refractivity contribution in [2.75, 3.05) is 0 Å². The summed E-state index contributed by atoms with van der Waals surface area (Å²) in [4.78, 5) is 14.7. The quantitative estimate of drug-likeness (QED) is 0.127. The van der Waals surface area contributed by atoms with E-state index in [9.17, 15) is 0 Å². The minimum Gasteiger partial charge on any atom is -0.256 e. The minimum atomic E-state index is -0.114. The monoisotopic (exact) mass is 705 g/mol. The van der Waals surface area contributed by atoms with Gasteiger partial charge < -0.3 is 0 Å². The molecule has 3 heterocycles. The van der Waals surface area contributed by atoms with Crippen LogP contribution in [0.15, 0.2) is 164 Å². The molecule has 0 unspecified atom stereocenters. The summed E-state index contributed by atoms with van der Waals surface area (Å²) in [5.74, 6) is 0. The first-order valence-corrected chi connectivity index (χ1v) is 19.1. The van der Waals surface area contributed by atoms with Crippen LogP contribution in [0.2, 0.25) is 0 Å². The van der Waals surface area contributed by atoms with Gasteiger partial charge in [-0.3, -0.25) is 15.0 Å². The zero-order chi connectivity index (χ0) is 37.8. The predicted octanol–water partition coefficient (Wildman–Crippen LogP) is 12.4. The fraction of sp³-hybridized carbons (Fsp3) is 0.235. The summed E-state index contributed by atoms with van der Waals surface area (Å²) in [7, 11) is 0. The van der Waals surface area contributed by atoms with E-state index in [-0.39, 0.29) is 16.2 Å². The van der Waals surface area contributed by atoms with E-state index in [1.165, 1.54) is 33.4 Å². The van der Waals surface area contributed by atoms with E-state index in [0.717, 1.165) is 53.0 Å². The average Bonchev–Trinajstić information content (AvgIpc) is 3.18. The van der Waals surface area contributed by atoms with Crippen LogP contribution in [0.4, 0.5) is 0 Å². The Labute approximate surface area is 322 Å². The molecular formula is C51H51N3. The zero-order valence-corrected chi connectivity index (χ0v) is 32.6. The van der Waals surface area contributed by atoms with Crippen LogP contribution in [0.1, 0.15) is 74.9 Å². The summed E-state index contributed by atoms with van der Waals surface area (Å²) in [6.07, 6.45) is 8.91. The molecule has 0 aliphatic heterocycles. The first-order valence-electron chi connectivity index (χ1n) is 19.1. The van der Waals surface area contributed by atoms with Gasteiger partial charge in [0.2, 0.25) is 0 Å². The Balaban J connectivity index is 1.18. The fourth-order valence-electron chi connectivity index (χ4n) is 7.70. The van der Waals surface area contributed by atoms with Crippen LogP contribution >= 0.6 is 0 Å². The van der Waals surface area contributed by atoms with Crippen molar-refractivity contribution >= 4 is 0 Å². The van der Waals surface area contributed by atoms with Crippen LogP contribution < -0.4 is 0 Å². The van der Waals surface area contributed by atoms with Gasteiger partial charge in [0.25, 0.3) is 0 Å². The van der Waals surface area contributed by atoms with Gasteiger partial charge in [0.05, 0.1) is 17.1 Å². The molecule has 0 aliphatic rings. The van der Waals surface area contributed by atoms with Crippen LogP contribution in [0.25, 0.3) is 33.8 Å². The van der Waals surface area contributed by atoms with Gasteiger partial charge in [0.15, 0.2) is 0 Å². The molecule has 54 heavy (non-hydrogen) atoms. The number of benzene rings is 4. The lowest BCUT2D eigenvalue weighted by molar-refractivity contribution is 0.505. The van der Waals surface area contributed by atoms with Gasteiger partial charge in [-0.15, -0.1) is 0 Å². The van der Waals surface area contributed by atoms with Gasteiger partial charge in [-0.25, -0.2) is 0 Å². The molecule has 0 radical (unpaired) electrons. The van der Waals surface area contributed by atoms with Crippen LogP contribution in [0.5, 0.6) is 0 Å². The topological polar surface area (TPSA) is 38.7 Å². The number of pyridine rings is 3. The second-order valence-corrected chi connectivity index (χ2v) is 16.7. The number of hydrogen-bond donors (Lipinski definition) is 0. The molecular weight excluding hydrogens is 655 g/mol. The molecule has 0 fully saturated rings. The lowest BCUT2D eigenvalue weighted by Gasteiger charge is -2.30. The highest BCUT2D eigenvalue weighted by Crippen LogP contribution is 2.35. The summed E-state index contributed by atoms with van der Waals surface area (Å²) in [5.41, 5.74) is 13.8. The zero-order valence-electron chi connectivity index (χ0n) is 32.6. The average molecular weight is 706 g/mol. The minimum absolute atomic E-state index is 0.114. The first-order chi connectivity index (χ1) is 25.9. The molecule has 4 aromatic carbocycles. The number of nitrogens with zero attached hydrogens (tertiary/aromatic N) is 3. The standard InChI is InChI=1S/C51H51N3/c1-49(2,43-22-25-46(52-34-43)40-16-10-7-11-17-40)31-37-28-38(32-50(3,4)44-23-26-47(53-35-44)41-18-12-8-13-19-41)30-39(29-37)33-51(5,6)45-24-27-48(54-36-45)42-20-14-9-15-21-42/h7-30,34-36H,31-33H2,1-6H3. The molecule has 270 valence electrons. The van der Waals surface area contributed by atoms with E-state index >= 15 is 0 Å². The molecule has 0 bridgehead atoms. The van der Waals surface area contributed by atoms with Gasteiger partial charge in [0, 0.05) is 35.3 Å². The SMILES string of the molecule is CC(C)(Cc1cc(CC(C)(C)c2ccc(-c3ccccc3)nc2)cc(CC(C)(C)c2ccc(-c3ccccc3)nc2)c1)c1ccc(-c2ccccc2)nc1. The van der Waals surface area contributed by atoms with Crippen LogP contribution in [0, 0.1) is 0 Å². The van der Waals surface area contributed by atoms with Gasteiger partial charge in [0.1, 0.15) is 0 Å². The molecule has 0 amide bonds. The summed E-state index contributed by atoms with van der Waals surface area (Å²) in [6, 6.07) is 51.8. The van der Waals surface area contributed by atoms with Crippen molar-refractivity contribution in [3.05, 3.63) is 198 Å². The van der Waals surface area contributed by atoms with Gasteiger partial charge in [-0.2, -0.15) is 0 Å². The van der Waals surface area contributed by atoms with Gasteiger partial charge in [-0.05, 0) is 87.1 Å². The Hall–Kier alpha value is -5.67. The fourth-order valence-corrected chi connectivity index (χ4v) is 7.70. The Morgan fingerprint density at radius 2 is 0.593 bits per heavy atom. The number of aromatic nitrogens is 3. The number of hydrogen-bond acceptors (Lipinski definition) is 3. The highest BCUT2D eigenvalue weighted by molar-refractivity contribution is 5.61. The van der Waals surface area contributed by atoms with Crippen molar-refractivity contribution in [3.63, 3.8) is 0 Å². The van der Waals surface area contributed by atoms with E-state index in [0.29, 0.717) is 0 Å². The maximum atomic E-state index is 4.90. The normalized spacial score (nSPS) is 12.1. The van der Waals surface area contributed by atoms with Crippen molar-refractivity contribution in [2.24, 2.45) is 0 Å². The lowest BCUT2D eigenvalue weighted by atomic mass is 9.75.